The van der Waals surface area contributed by atoms with Gasteiger partial charge < -0.3 is 0 Å². The molecule has 0 amide bonds. The van der Waals surface area contributed by atoms with E-state index < -0.39 is 0 Å². The molecule has 0 radical (unpaired) electrons. The molecule has 5 nitrogen and oxygen atoms in total. The second-order valence-corrected chi connectivity index (χ2v) is 3.63. The largest absolute Gasteiger partial charge is 0.293 e. The van der Waals surface area contributed by atoms with E-state index in [9.17, 15) is 9.70 Å². The van der Waals surface area contributed by atoms with Gasteiger partial charge in [-0.15, -0.1) is 0 Å². The van der Waals surface area contributed by atoms with Crippen molar-refractivity contribution in [3.05, 3.63) is 34.3 Å². The first kappa shape index (κ1) is 7.69. The van der Waals surface area contributed by atoms with Gasteiger partial charge in [-0.05, 0) is 0 Å². The maximum atomic E-state index is 11.5. The molecule has 3 rings (SSSR count). The van der Waals surface area contributed by atoms with Crippen molar-refractivity contribution < 1.29 is 9.55 Å². The Balaban J connectivity index is 2.30. The third-order valence-electron chi connectivity index (χ3n) is 2.24. The Hall–Kier alpha value is -1.69. The van der Waals surface area contributed by atoms with E-state index in [0.717, 1.165) is 11.7 Å². The van der Waals surface area contributed by atoms with Gasteiger partial charge in [0.25, 0.3) is 0 Å². The van der Waals surface area contributed by atoms with Crippen molar-refractivity contribution in [2.75, 3.05) is 0 Å². The second-order valence-electron chi connectivity index (χ2n) is 3.10. The summed E-state index contributed by atoms with van der Waals surface area (Å²) in [5.41, 5.74) is 2.43. The molecule has 0 saturated heterocycles. The fourth-order valence-corrected chi connectivity index (χ4v) is 2.19. The summed E-state index contributed by atoms with van der Waals surface area (Å²) >= 11 is 1.07. The lowest BCUT2D eigenvalue weighted by molar-refractivity contribution is -0.397. The molecule has 1 aromatic rings. The molecule has 2 heterocycles. The minimum absolute atomic E-state index is 0.0604. The summed E-state index contributed by atoms with van der Waals surface area (Å²) < 4.78 is 8.72. The van der Waals surface area contributed by atoms with Crippen LogP contribution in [0.2, 0.25) is 0 Å². The molecule has 0 atom stereocenters. The molecule has 0 fully saturated rings. The molecule has 0 bridgehead atoms. The SMILES string of the molecule is O=C1Cc2nsnc2C2=C[N+](=O)C=C12. The number of rotatable bonds is 0. The molecule has 1 aliphatic carbocycles. The maximum Gasteiger partial charge on any atom is 0.239 e. The standard InChI is InChI=1S/C8H4N3O2S/c12-7-1-6-8(10-14-9-6)5-3-11(13)2-4(5)7/h2-3H,1H2/q+1. The number of carbonyl (C=O) groups excluding carboxylic acids is 1. The Morgan fingerprint density at radius 1 is 1.29 bits per heavy atom. The maximum absolute atomic E-state index is 11.5. The predicted molar refractivity (Wildman–Crippen MR) is 48.3 cm³/mol. The van der Waals surface area contributed by atoms with Gasteiger partial charge in [0.15, 0.2) is 5.78 Å². The van der Waals surface area contributed by atoms with E-state index in [2.05, 4.69) is 8.75 Å². The Bertz CT molecular complexity index is 526. The van der Waals surface area contributed by atoms with E-state index in [1.54, 1.807) is 0 Å². The van der Waals surface area contributed by atoms with Crippen molar-refractivity contribution in [1.29, 1.82) is 0 Å². The number of allylic oxidation sites excluding steroid dienone is 2. The topological polar surface area (TPSA) is 62.9 Å². The van der Waals surface area contributed by atoms with E-state index in [1.165, 1.54) is 12.4 Å². The van der Waals surface area contributed by atoms with Crippen molar-refractivity contribution in [2.24, 2.45) is 0 Å². The Morgan fingerprint density at radius 3 is 2.93 bits per heavy atom. The van der Waals surface area contributed by atoms with Crippen molar-refractivity contribution in [3.63, 3.8) is 0 Å². The van der Waals surface area contributed by atoms with Gasteiger partial charge in [0.1, 0.15) is 11.3 Å². The molecule has 0 spiro atoms. The Morgan fingerprint density at radius 2 is 2.07 bits per heavy atom. The van der Waals surface area contributed by atoms with Gasteiger partial charge in [-0.1, -0.05) is 0 Å². The second kappa shape index (κ2) is 2.42. The number of hydrogen-bond donors (Lipinski definition) is 0. The summed E-state index contributed by atoms with van der Waals surface area (Å²) in [7, 11) is 0. The lowest BCUT2D eigenvalue weighted by Crippen LogP contribution is -2.14. The van der Waals surface area contributed by atoms with Gasteiger partial charge in [0, 0.05) is 4.91 Å². The van der Waals surface area contributed by atoms with Crippen LogP contribution in [0.5, 0.6) is 0 Å². The Kier molecular flexibility index (Phi) is 1.33. The van der Waals surface area contributed by atoms with Crippen LogP contribution in [0.1, 0.15) is 11.4 Å². The smallest absolute Gasteiger partial charge is 0.239 e. The van der Waals surface area contributed by atoms with Crippen LogP contribution in [-0.2, 0) is 11.2 Å². The summed E-state index contributed by atoms with van der Waals surface area (Å²) in [6, 6.07) is 0. The molecule has 1 aromatic heterocycles. The molecule has 14 heavy (non-hydrogen) atoms. The zero-order chi connectivity index (χ0) is 9.71. The monoisotopic (exact) mass is 206 g/mol. The normalized spacial score (nSPS) is 18.9. The minimum atomic E-state index is -0.0604. The van der Waals surface area contributed by atoms with Gasteiger partial charge in [-0.2, -0.15) is 8.75 Å². The third kappa shape index (κ3) is 0.856. The predicted octanol–water partition coefficient (Wildman–Crippen LogP) is 0.681. The lowest BCUT2D eigenvalue weighted by Gasteiger charge is -2.07. The number of ketones is 1. The third-order valence-corrected chi connectivity index (χ3v) is 2.81. The van der Waals surface area contributed by atoms with Gasteiger partial charge in [-0.3, -0.25) is 4.79 Å². The first-order valence-electron chi connectivity index (χ1n) is 4.00. The van der Waals surface area contributed by atoms with Crippen LogP contribution in [0, 0.1) is 4.91 Å². The van der Waals surface area contributed by atoms with E-state index in [0.29, 0.717) is 27.3 Å². The van der Waals surface area contributed by atoms with Crippen molar-refractivity contribution in [1.82, 2.24) is 8.75 Å². The fraction of sp³-hybridized carbons (Fsp3) is 0.125. The molecule has 0 N–H and O–H groups in total. The lowest BCUT2D eigenvalue weighted by atomic mass is 9.91. The average Bonchev–Trinajstić information content (AvgIpc) is 2.69. The zero-order valence-electron chi connectivity index (χ0n) is 6.93. The molecule has 68 valence electrons. The van der Waals surface area contributed by atoms with Gasteiger partial charge in [0.2, 0.25) is 12.4 Å². The molecule has 0 aromatic carbocycles. The van der Waals surface area contributed by atoms with Gasteiger partial charge >= 0.3 is 0 Å². The molecule has 1 aliphatic heterocycles. The van der Waals surface area contributed by atoms with Crippen LogP contribution < -0.4 is 0 Å². The molecule has 2 aliphatic rings. The van der Waals surface area contributed by atoms with Crippen LogP contribution in [0.25, 0.3) is 5.57 Å². The van der Waals surface area contributed by atoms with Gasteiger partial charge in [0.05, 0.1) is 34.2 Å². The first-order valence-corrected chi connectivity index (χ1v) is 4.73. The summed E-state index contributed by atoms with van der Waals surface area (Å²) in [6.45, 7) is 0. The number of nitroso groups, excluding NO2 is 1. The van der Waals surface area contributed by atoms with Crippen LogP contribution in [0.3, 0.4) is 0 Å². The summed E-state index contributed by atoms with van der Waals surface area (Å²) in [5, 5.41) is 0. The molecule has 0 saturated carbocycles. The number of carbonyl (C=O) groups is 1. The van der Waals surface area contributed by atoms with Crippen molar-refractivity contribution >= 4 is 23.1 Å². The van der Waals surface area contributed by atoms with Crippen molar-refractivity contribution in [3.8, 4) is 0 Å². The first-order chi connectivity index (χ1) is 6.75. The highest BCUT2D eigenvalue weighted by Crippen LogP contribution is 2.34. The van der Waals surface area contributed by atoms with E-state index in [4.69, 9.17) is 0 Å². The van der Waals surface area contributed by atoms with Gasteiger partial charge in [-0.25, -0.2) is 0 Å². The number of hydrogen-bond acceptors (Lipinski definition) is 5. The summed E-state index contributed by atoms with van der Waals surface area (Å²) in [6.07, 6.45) is 2.91. The van der Waals surface area contributed by atoms with Crippen LogP contribution in [0.15, 0.2) is 18.0 Å². The highest BCUT2D eigenvalue weighted by Gasteiger charge is 2.37. The number of nitrogens with zero attached hydrogens (tertiary/aromatic N) is 3. The number of fused-ring (bicyclic) bond motifs is 3. The van der Waals surface area contributed by atoms with E-state index in [-0.39, 0.29) is 12.2 Å². The molecular formula is C8H4N3O2S+. The number of Topliss-reactive ketones (excluding diaryl/α,β-unsaturated/α-hetero) is 1. The summed E-state index contributed by atoms with van der Waals surface area (Å²) in [4.78, 5) is 22.6. The van der Waals surface area contributed by atoms with Crippen LogP contribution in [0.4, 0.5) is 0 Å². The number of aromatic nitrogens is 2. The zero-order valence-corrected chi connectivity index (χ0v) is 7.74. The molecule has 6 heteroatoms. The van der Waals surface area contributed by atoms with Crippen LogP contribution >= 0.6 is 11.7 Å². The highest BCUT2D eigenvalue weighted by atomic mass is 32.1. The van der Waals surface area contributed by atoms with Crippen LogP contribution in [-0.4, -0.2) is 19.3 Å². The summed E-state index contributed by atoms with van der Waals surface area (Å²) in [5.74, 6) is -0.0604. The van der Waals surface area contributed by atoms with E-state index in [1.807, 2.05) is 0 Å². The average molecular weight is 206 g/mol. The fourth-order valence-electron chi connectivity index (χ4n) is 1.62. The Labute approximate surface area is 82.7 Å². The molecular weight excluding hydrogens is 202 g/mol. The highest BCUT2D eigenvalue weighted by molar-refractivity contribution is 6.99. The van der Waals surface area contributed by atoms with Crippen molar-refractivity contribution in [2.45, 2.75) is 6.42 Å². The van der Waals surface area contributed by atoms with E-state index >= 15 is 0 Å². The minimum Gasteiger partial charge on any atom is -0.293 e. The quantitative estimate of drug-likeness (QED) is 0.585. The molecule has 0 unspecified atom stereocenters.